The fourth-order valence-electron chi connectivity index (χ4n) is 2.39. The van der Waals surface area contributed by atoms with E-state index in [1.54, 1.807) is 37.3 Å². The summed E-state index contributed by atoms with van der Waals surface area (Å²) >= 11 is 4.61. The molecule has 0 aliphatic carbocycles. The van der Waals surface area contributed by atoms with Crippen LogP contribution in [0.25, 0.3) is 0 Å². The van der Waals surface area contributed by atoms with Crippen LogP contribution >= 0.6 is 12.2 Å². The van der Waals surface area contributed by atoms with Gasteiger partial charge in [-0.1, -0.05) is 30.3 Å². The number of hydrazine groups is 1. The Morgan fingerprint density at radius 2 is 1.95 bits per heavy atom. The molecule has 4 nitrogen and oxygen atoms in total. The van der Waals surface area contributed by atoms with Gasteiger partial charge in [0, 0.05) is 6.42 Å². The van der Waals surface area contributed by atoms with E-state index in [1.807, 2.05) is 0 Å². The predicted molar refractivity (Wildman–Crippen MR) is 71.2 cm³/mol. The summed E-state index contributed by atoms with van der Waals surface area (Å²) in [5.74, 6) is 0. The highest BCUT2D eigenvalue weighted by Crippen LogP contribution is 2.46. The Kier molecular flexibility index (Phi) is 3.43. The number of nitrogens with one attached hydrogen (secondary N) is 1. The number of halogens is 3. The summed E-state index contributed by atoms with van der Waals surface area (Å²) in [5.41, 5.74) is 4.21. The van der Waals surface area contributed by atoms with Crippen molar-refractivity contribution < 1.29 is 18.3 Å². The largest absolute Gasteiger partial charge is 0.438 e. The van der Waals surface area contributed by atoms with Crippen molar-refractivity contribution in [3.63, 3.8) is 0 Å². The summed E-state index contributed by atoms with van der Waals surface area (Å²) in [6.45, 7) is 1.55. The van der Waals surface area contributed by atoms with E-state index in [9.17, 15) is 18.3 Å². The molecule has 1 aliphatic rings. The molecule has 110 valence electrons. The standard InChI is InChI=1S/C12H14F3N3OS/c1-10(8-5-3-2-4-6-8)7-11(19,12(13,14)15)18(17-10)9(16)20/h2-6,17,19H,7H2,1H3,(H2,16,20)/t10-,11-/m0/s1. The second kappa shape index (κ2) is 4.57. The van der Waals surface area contributed by atoms with Crippen molar-refractivity contribution in [3.8, 4) is 0 Å². The quantitative estimate of drug-likeness (QED) is 0.688. The molecule has 1 fully saturated rings. The molecular weight excluding hydrogens is 291 g/mol. The summed E-state index contributed by atoms with van der Waals surface area (Å²) in [6.07, 6.45) is -5.51. The number of alkyl halides is 3. The summed E-state index contributed by atoms with van der Waals surface area (Å²) in [7, 11) is 0. The van der Waals surface area contributed by atoms with Gasteiger partial charge in [0.05, 0.1) is 5.54 Å². The zero-order chi connectivity index (χ0) is 15.2. The topological polar surface area (TPSA) is 61.5 Å². The molecule has 0 aromatic heterocycles. The number of nitrogens with zero attached hydrogens (tertiary/aromatic N) is 1. The molecular formula is C12H14F3N3OS. The average molecular weight is 305 g/mol. The minimum atomic E-state index is -4.89. The molecule has 1 heterocycles. The van der Waals surface area contributed by atoms with Gasteiger partial charge in [0.15, 0.2) is 5.11 Å². The Hall–Kier alpha value is -1.38. The zero-order valence-corrected chi connectivity index (χ0v) is 11.4. The number of thiocarbonyl (C=S) groups is 1. The number of nitrogens with two attached hydrogens (primary N) is 1. The highest BCUT2D eigenvalue weighted by molar-refractivity contribution is 7.80. The normalized spacial score (nSPS) is 30.6. The molecule has 1 aromatic carbocycles. The van der Waals surface area contributed by atoms with Gasteiger partial charge < -0.3 is 10.8 Å². The summed E-state index contributed by atoms with van der Waals surface area (Å²) in [5, 5.41) is 9.87. The van der Waals surface area contributed by atoms with Gasteiger partial charge in [-0.2, -0.15) is 13.2 Å². The second-order valence-electron chi connectivity index (χ2n) is 4.97. The van der Waals surface area contributed by atoms with E-state index in [2.05, 4.69) is 17.6 Å². The van der Waals surface area contributed by atoms with E-state index < -0.39 is 29.0 Å². The van der Waals surface area contributed by atoms with Crippen LogP contribution in [0, 0.1) is 0 Å². The molecule has 20 heavy (non-hydrogen) atoms. The van der Waals surface area contributed by atoms with Crippen LogP contribution in [0.15, 0.2) is 30.3 Å². The van der Waals surface area contributed by atoms with E-state index in [1.165, 1.54) is 0 Å². The zero-order valence-electron chi connectivity index (χ0n) is 10.6. The molecule has 8 heteroatoms. The first-order valence-corrected chi connectivity index (χ1v) is 6.23. The van der Waals surface area contributed by atoms with Gasteiger partial charge in [0.25, 0.3) is 5.72 Å². The Morgan fingerprint density at radius 3 is 2.35 bits per heavy atom. The Morgan fingerprint density at radius 1 is 1.40 bits per heavy atom. The van der Waals surface area contributed by atoms with Crippen molar-refractivity contribution in [1.29, 1.82) is 0 Å². The third-order valence-corrected chi connectivity index (χ3v) is 3.60. The summed E-state index contributed by atoms with van der Waals surface area (Å²) < 4.78 is 39.5. The number of aliphatic hydroxyl groups is 1. The van der Waals surface area contributed by atoms with E-state index in [0.29, 0.717) is 10.6 Å². The molecule has 4 N–H and O–H groups in total. The Labute approximate surface area is 119 Å². The minimum Gasteiger partial charge on any atom is -0.375 e. The molecule has 0 amide bonds. The van der Waals surface area contributed by atoms with Crippen LogP contribution in [-0.2, 0) is 5.54 Å². The van der Waals surface area contributed by atoms with Crippen molar-refractivity contribution in [2.45, 2.75) is 30.8 Å². The van der Waals surface area contributed by atoms with Crippen molar-refractivity contribution in [2.24, 2.45) is 5.73 Å². The first kappa shape index (κ1) is 15.0. The first-order valence-electron chi connectivity index (χ1n) is 5.82. The van der Waals surface area contributed by atoms with Crippen molar-refractivity contribution in [2.75, 3.05) is 0 Å². The molecule has 0 saturated carbocycles. The fourth-order valence-corrected chi connectivity index (χ4v) is 2.58. The molecule has 0 radical (unpaired) electrons. The number of hydrogen-bond acceptors (Lipinski definition) is 3. The van der Waals surface area contributed by atoms with Crippen LogP contribution < -0.4 is 11.2 Å². The van der Waals surface area contributed by atoms with Gasteiger partial charge >= 0.3 is 6.18 Å². The first-order chi connectivity index (χ1) is 9.10. The van der Waals surface area contributed by atoms with Crippen molar-refractivity contribution >= 4 is 17.3 Å². The van der Waals surface area contributed by atoms with Crippen LogP contribution in [-0.4, -0.2) is 27.1 Å². The number of rotatable bonds is 1. The van der Waals surface area contributed by atoms with Gasteiger partial charge in [-0.15, -0.1) is 0 Å². The summed E-state index contributed by atoms with van der Waals surface area (Å²) in [4.78, 5) is 0. The lowest BCUT2D eigenvalue weighted by Gasteiger charge is -2.34. The van der Waals surface area contributed by atoms with Crippen LogP contribution in [0.5, 0.6) is 0 Å². The number of benzene rings is 1. The maximum atomic E-state index is 13.2. The lowest BCUT2D eigenvalue weighted by molar-refractivity contribution is -0.296. The van der Waals surface area contributed by atoms with E-state index in [-0.39, 0.29) is 0 Å². The number of hydrogen-bond donors (Lipinski definition) is 3. The molecule has 0 spiro atoms. The van der Waals surface area contributed by atoms with Crippen LogP contribution in [0.2, 0.25) is 0 Å². The molecule has 2 rings (SSSR count). The van der Waals surface area contributed by atoms with Gasteiger partial charge in [-0.25, -0.2) is 10.4 Å². The van der Waals surface area contributed by atoms with Gasteiger partial charge in [0.1, 0.15) is 0 Å². The second-order valence-corrected chi connectivity index (χ2v) is 5.39. The third-order valence-electron chi connectivity index (χ3n) is 3.41. The molecule has 2 atom stereocenters. The fraction of sp³-hybridized carbons (Fsp3) is 0.417. The van der Waals surface area contributed by atoms with Crippen LogP contribution in [0.3, 0.4) is 0 Å². The van der Waals surface area contributed by atoms with Gasteiger partial charge in [-0.05, 0) is 24.7 Å². The lowest BCUT2D eigenvalue weighted by Crippen LogP contribution is -2.61. The average Bonchev–Trinajstić information content (AvgIpc) is 2.65. The monoisotopic (exact) mass is 305 g/mol. The molecule has 0 unspecified atom stereocenters. The predicted octanol–water partition coefficient (Wildman–Crippen LogP) is 1.61. The SMILES string of the molecule is C[C@@]1(c2ccccc2)C[C@](O)(C(F)(F)F)N(C(N)=S)N1. The minimum absolute atomic E-state index is 0.412. The van der Waals surface area contributed by atoms with Gasteiger partial charge in [0.2, 0.25) is 0 Å². The lowest BCUT2D eigenvalue weighted by atomic mass is 9.86. The van der Waals surface area contributed by atoms with Gasteiger partial charge in [-0.3, -0.25) is 0 Å². The van der Waals surface area contributed by atoms with Crippen molar-refractivity contribution in [1.82, 2.24) is 10.4 Å². The van der Waals surface area contributed by atoms with E-state index in [4.69, 9.17) is 5.73 Å². The third kappa shape index (κ3) is 2.23. The van der Waals surface area contributed by atoms with Crippen LogP contribution in [0.4, 0.5) is 13.2 Å². The Balaban J connectivity index is 2.46. The van der Waals surface area contributed by atoms with Crippen molar-refractivity contribution in [3.05, 3.63) is 35.9 Å². The highest BCUT2D eigenvalue weighted by atomic mass is 32.1. The molecule has 1 saturated heterocycles. The summed E-state index contributed by atoms with van der Waals surface area (Å²) in [6, 6.07) is 8.51. The highest BCUT2D eigenvalue weighted by Gasteiger charge is 2.66. The maximum absolute atomic E-state index is 13.2. The van der Waals surface area contributed by atoms with E-state index >= 15 is 0 Å². The molecule has 1 aliphatic heterocycles. The van der Waals surface area contributed by atoms with Crippen LogP contribution in [0.1, 0.15) is 18.9 Å². The maximum Gasteiger partial charge on any atom is 0.438 e. The molecule has 1 aromatic rings. The smallest absolute Gasteiger partial charge is 0.375 e. The molecule has 0 bridgehead atoms. The van der Waals surface area contributed by atoms with E-state index in [0.717, 1.165) is 0 Å². The Bertz CT molecular complexity index is 524.